The van der Waals surface area contributed by atoms with Gasteiger partial charge in [0.05, 0.1) is 27.4 Å². The number of ether oxygens (including phenoxy) is 4. The number of aliphatic imine (C=N–C) groups is 1. The van der Waals surface area contributed by atoms with Crippen molar-refractivity contribution in [3.8, 4) is 17.2 Å². The molecule has 254 valence electrons. The molecular weight excluding hydrogens is 692 g/mol. The first kappa shape index (κ1) is 35.2. The SMILES string of the molecule is COc1ccc(CNNC(=O)[C@@]2(Cc3ccc(Br)cc3)N=C(c3ccc(OCCCO)cc3)O[C@H]2c2ccccc2CN=[N+]=[N-])cc1OC. The first-order chi connectivity index (χ1) is 23.9. The van der Waals surface area contributed by atoms with Crippen LogP contribution in [0, 0.1) is 0 Å². The van der Waals surface area contributed by atoms with Gasteiger partial charge in [-0.15, -0.1) is 0 Å². The van der Waals surface area contributed by atoms with Gasteiger partial charge in [0.2, 0.25) is 5.90 Å². The van der Waals surface area contributed by atoms with Crippen LogP contribution in [-0.2, 0) is 29.0 Å². The lowest BCUT2D eigenvalue weighted by atomic mass is 9.81. The van der Waals surface area contributed by atoms with E-state index in [1.807, 2.05) is 72.8 Å². The number of methoxy groups -OCH3 is 2. The predicted octanol–water partition coefficient (Wildman–Crippen LogP) is 6.36. The number of hydrazine groups is 1. The number of hydrogen-bond acceptors (Lipinski definition) is 9. The average Bonchev–Trinajstić information content (AvgIpc) is 3.52. The number of nitrogens with zero attached hydrogens (tertiary/aromatic N) is 4. The summed E-state index contributed by atoms with van der Waals surface area (Å²) in [6.45, 7) is 0.768. The van der Waals surface area contributed by atoms with Crippen molar-refractivity contribution in [3.63, 3.8) is 0 Å². The number of azide groups is 1. The van der Waals surface area contributed by atoms with Gasteiger partial charge in [0.15, 0.2) is 23.1 Å². The molecule has 12 nitrogen and oxygen atoms in total. The molecule has 2 atom stereocenters. The van der Waals surface area contributed by atoms with Crippen molar-refractivity contribution in [1.29, 1.82) is 0 Å². The minimum Gasteiger partial charge on any atom is -0.494 e. The summed E-state index contributed by atoms with van der Waals surface area (Å²) < 4.78 is 24.1. The van der Waals surface area contributed by atoms with Crippen LogP contribution in [0.2, 0.25) is 0 Å². The van der Waals surface area contributed by atoms with Gasteiger partial charge in [-0.2, -0.15) is 0 Å². The Labute approximate surface area is 292 Å². The highest BCUT2D eigenvalue weighted by atomic mass is 79.9. The molecule has 0 aliphatic carbocycles. The minimum absolute atomic E-state index is 0.0386. The third-order valence-electron chi connectivity index (χ3n) is 8.00. The Hall–Kier alpha value is -5.07. The van der Waals surface area contributed by atoms with Crippen LogP contribution in [0.4, 0.5) is 0 Å². The monoisotopic (exact) mass is 728 g/mol. The number of carbonyl (C=O) groups is 1. The van der Waals surface area contributed by atoms with E-state index in [1.54, 1.807) is 32.4 Å². The van der Waals surface area contributed by atoms with Crippen LogP contribution in [0.15, 0.2) is 106 Å². The molecule has 3 N–H and O–H groups in total. The summed E-state index contributed by atoms with van der Waals surface area (Å²) in [5.41, 5.74) is 17.3. The van der Waals surface area contributed by atoms with Gasteiger partial charge in [-0.3, -0.25) is 10.2 Å². The molecule has 0 spiro atoms. The van der Waals surface area contributed by atoms with E-state index in [1.165, 1.54) is 0 Å². The summed E-state index contributed by atoms with van der Waals surface area (Å²) in [6.07, 6.45) is -0.182. The Morgan fingerprint density at radius 3 is 2.47 bits per heavy atom. The van der Waals surface area contributed by atoms with Crippen LogP contribution in [0.3, 0.4) is 0 Å². The van der Waals surface area contributed by atoms with Gasteiger partial charge in [0.25, 0.3) is 5.91 Å². The number of benzene rings is 4. The van der Waals surface area contributed by atoms with E-state index >= 15 is 0 Å². The van der Waals surface area contributed by atoms with Gasteiger partial charge in [0.1, 0.15) is 5.75 Å². The number of halogens is 1. The molecule has 0 saturated heterocycles. The van der Waals surface area contributed by atoms with E-state index in [-0.39, 0.29) is 32.0 Å². The maximum absolute atomic E-state index is 14.6. The summed E-state index contributed by atoms with van der Waals surface area (Å²) in [5, 5.41) is 12.9. The summed E-state index contributed by atoms with van der Waals surface area (Å²) in [5.74, 6) is 1.65. The van der Waals surface area contributed by atoms with Crippen molar-refractivity contribution in [2.75, 3.05) is 27.4 Å². The Kier molecular flexibility index (Phi) is 12.1. The van der Waals surface area contributed by atoms with Crippen molar-refractivity contribution >= 4 is 27.7 Å². The number of rotatable bonds is 16. The molecule has 0 radical (unpaired) electrons. The molecule has 0 saturated carbocycles. The van der Waals surface area contributed by atoms with Crippen LogP contribution < -0.4 is 25.1 Å². The van der Waals surface area contributed by atoms with Gasteiger partial charge < -0.3 is 24.1 Å². The normalized spacial score (nSPS) is 16.6. The van der Waals surface area contributed by atoms with Crippen LogP contribution in [0.5, 0.6) is 17.2 Å². The Morgan fingerprint density at radius 1 is 1.02 bits per heavy atom. The molecule has 4 aromatic carbocycles. The van der Waals surface area contributed by atoms with E-state index in [0.717, 1.165) is 15.6 Å². The van der Waals surface area contributed by atoms with Crippen LogP contribution in [0.1, 0.15) is 40.3 Å². The first-order valence-electron chi connectivity index (χ1n) is 15.6. The zero-order valence-corrected chi connectivity index (χ0v) is 28.7. The van der Waals surface area contributed by atoms with Crippen LogP contribution in [-0.4, -0.2) is 49.9 Å². The molecule has 5 rings (SSSR count). The minimum atomic E-state index is -1.49. The second-order valence-corrected chi connectivity index (χ2v) is 12.1. The van der Waals surface area contributed by atoms with E-state index < -0.39 is 17.6 Å². The maximum atomic E-state index is 14.6. The molecule has 1 amide bonds. The predicted molar refractivity (Wildman–Crippen MR) is 188 cm³/mol. The maximum Gasteiger partial charge on any atom is 0.266 e. The second kappa shape index (κ2) is 16.8. The molecule has 1 aliphatic heterocycles. The van der Waals surface area contributed by atoms with Gasteiger partial charge in [-0.05, 0) is 76.3 Å². The van der Waals surface area contributed by atoms with Crippen molar-refractivity contribution in [3.05, 3.63) is 134 Å². The Morgan fingerprint density at radius 2 is 1.76 bits per heavy atom. The molecule has 49 heavy (non-hydrogen) atoms. The fourth-order valence-corrected chi connectivity index (χ4v) is 5.80. The third kappa shape index (κ3) is 8.51. The molecule has 13 heteroatoms. The molecule has 1 aliphatic rings. The van der Waals surface area contributed by atoms with E-state index in [4.69, 9.17) is 34.6 Å². The smallest absolute Gasteiger partial charge is 0.266 e. The molecule has 0 unspecified atom stereocenters. The van der Waals surface area contributed by atoms with Crippen molar-refractivity contribution < 1.29 is 28.8 Å². The van der Waals surface area contributed by atoms with E-state index in [9.17, 15) is 4.79 Å². The zero-order valence-electron chi connectivity index (χ0n) is 27.1. The molecule has 4 aromatic rings. The largest absolute Gasteiger partial charge is 0.494 e. The molecule has 0 fully saturated rings. The Bertz CT molecular complexity index is 1810. The number of aliphatic hydroxyl groups excluding tert-OH is 1. The first-order valence-corrected chi connectivity index (χ1v) is 16.4. The topological polar surface area (TPSA) is 159 Å². The molecule has 0 bridgehead atoms. The summed E-state index contributed by atoms with van der Waals surface area (Å²) >= 11 is 3.50. The number of nitrogens with one attached hydrogen (secondary N) is 2. The van der Waals surface area contributed by atoms with Crippen molar-refractivity contribution in [1.82, 2.24) is 10.9 Å². The summed E-state index contributed by atoms with van der Waals surface area (Å²) in [6, 6.07) is 27.8. The highest BCUT2D eigenvalue weighted by Gasteiger charge is 2.54. The quantitative estimate of drug-likeness (QED) is 0.0398. The van der Waals surface area contributed by atoms with Crippen LogP contribution in [0.25, 0.3) is 10.4 Å². The lowest BCUT2D eigenvalue weighted by molar-refractivity contribution is -0.130. The summed E-state index contributed by atoms with van der Waals surface area (Å²) in [4.78, 5) is 22.6. The van der Waals surface area contributed by atoms with Gasteiger partial charge in [-0.25, -0.2) is 10.4 Å². The lowest BCUT2D eigenvalue weighted by Gasteiger charge is -2.32. The lowest BCUT2D eigenvalue weighted by Crippen LogP contribution is -2.53. The van der Waals surface area contributed by atoms with Crippen LogP contribution >= 0.6 is 15.9 Å². The molecule has 1 heterocycles. The second-order valence-electron chi connectivity index (χ2n) is 11.2. The molecular formula is C36H37BrN6O6. The van der Waals surface area contributed by atoms with Gasteiger partial charge >= 0.3 is 0 Å². The average molecular weight is 730 g/mol. The number of aliphatic hydroxyl groups is 1. The fraction of sp³-hybridized carbons (Fsp3) is 0.278. The summed E-state index contributed by atoms with van der Waals surface area (Å²) in [7, 11) is 3.14. The van der Waals surface area contributed by atoms with Gasteiger partial charge in [0, 0.05) is 40.9 Å². The number of carbonyl (C=O) groups excluding carboxylic acids is 1. The molecule has 0 aromatic heterocycles. The fourth-order valence-electron chi connectivity index (χ4n) is 5.54. The highest BCUT2D eigenvalue weighted by molar-refractivity contribution is 9.10. The number of amides is 1. The van der Waals surface area contributed by atoms with Gasteiger partial charge in [-0.1, -0.05) is 63.5 Å². The highest BCUT2D eigenvalue weighted by Crippen LogP contribution is 2.44. The number of hydrogen-bond donors (Lipinski definition) is 3. The third-order valence-corrected chi connectivity index (χ3v) is 8.53. The zero-order chi connectivity index (χ0) is 34.6. The standard InChI is InChI=1S/C36H37BrN6O6/c1-46-31-17-10-25(20-32(31)47-2)22-39-42-35(45)36(21-24-8-13-28(37)14-9-24)33(30-7-4-3-6-27(30)23-40-43-38)49-34(41-36)26-11-15-29(16-12-26)48-19-5-18-44/h3-4,6-17,20,33,39,44H,5,18-19,21-23H2,1-2H3,(H,42,45)/t33-,36-/m0/s1. The van der Waals surface area contributed by atoms with Crippen molar-refractivity contribution in [2.45, 2.75) is 37.6 Å². The van der Waals surface area contributed by atoms with E-state index in [2.05, 4.69) is 36.8 Å². The Balaban J connectivity index is 1.54. The van der Waals surface area contributed by atoms with E-state index in [0.29, 0.717) is 47.0 Å². The van der Waals surface area contributed by atoms with Crippen molar-refractivity contribution in [2.24, 2.45) is 10.1 Å².